The lowest BCUT2D eigenvalue weighted by molar-refractivity contribution is 0.0971. The van der Waals surface area contributed by atoms with E-state index in [-0.39, 0.29) is 5.78 Å². The summed E-state index contributed by atoms with van der Waals surface area (Å²) in [6.07, 6.45) is 2.48. The smallest absolute Gasteiger partial charge is 0.163 e. The molecule has 0 saturated carbocycles. The van der Waals surface area contributed by atoms with Crippen LogP contribution < -0.4 is 9.47 Å². The summed E-state index contributed by atoms with van der Waals surface area (Å²) in [4.78, 5) is 11.9. The number of methoxy groups -OCH3 is 1. The maximum absolute atomic E-state index is 11.9. The zero-order chi connectivity index (χ0) is 14.7. The largest absolute Gasteiger partial charge is 0.497 e. The lowest BCUT2D eigenvalue weighted by Gasteiger charge is -2.18. The summed E-state index contributed by atoms with van der Waals surface area (Å²) in [7, 11) is 1.65. The quantitative estimate of drug-likeness (QED) is 0.855. The van der Waals surface area contributed by atoms with Crippen molar-refractivity contribution in [3.63, 3.8) is 0 Å². The summed E-state index contributed by atoms with van der Waals surface area (Å²) in [5, 5.41) is 0. The van der Waals surface area contributed by atoms with Gasteiger partial charge in [-0.05, 0) is 36.6 Å². The topological polar surface area (TPSA) is 35.5 Å². The Kier molecular flexibility index (Phi) is 3.91. The summed E-state index contributed by atoms with van der Waals surface area (Å²) in [5.41, 5.74) is 2.96. The molecule has 21 heavy (non-hydrogen) atoms. The Morgan fingerprint density at radius 1 is 1.05 bits per heavy atom. The van der Waals surface area contributed by atoms with Crippen molar-refractivity contribution in [2.24, 2.45) is 0 Å². The summed E-state index contributed by atoms with van der Waals surface area (Å²) in [6.45, 7) is 0.495. The molecule has 0 amide bonds. The normalized spacial score (nSPS) is 13.7. The summed E-state index contributed by atoms with van der Waals surface area (Å²) < 4.78 is 11.1. The number of Topliss-reactive ketones (excluding diaryl/α,β-unsaturated/α-hetero) is 1. The molecular weight excluding hydrogens is 264 g/mol. The number of carbonyl (C=O) groups is 1. The van der Waals surface area contributed by atoms with E-state index in [1.807, 2.05) is 42.5 Å². The van der Waals surface area contributed by atoms with Gasteiger partial charge < -0.3 is 9.47 Å². The third-order valence-corrected chi connectivity index (χ3v) is 3.82. The van der Waals surface area contributed by atoms with Gasteiger partial charge in [-0.2, -0.15) is 0 Å². The number of rotatable bonds is 4. The zero-order valence-electron chi connectivity index (χ0n) is 12.1. The molecule has 0 N–H and O–H groups in total. The van der Waals surface area contributed by atoms with Crippen LogP contribution in [0.15, 0.2) is 42.5 Å². The molecule has 0 unspecified atom stereocenters. The molecule has 2 aromatic rings. The first-order chi connectivity index (χ1) is 10.3. The molecule has 3 nitrogen and oxygen atoms in total. The minimum atomic E-state index is 0.228. The number of hydrogen-bond acceptors (Lipinski definition) is 3. The highest BCUT2D eigenvalue weighted by Crippen LogP contribution is 2.30. The molecule has 0 spiro atoms. The van der Waals surface area contributed by atoms with E-state index in [1.54, 1.807) is 7.11 Å². The van der Waals surface area contributed by atoms with E-state index >= 15 is 0 Å². The molecule has 0 radical (unpaired) electrons. The predicted octanol–water partition coefficient (Wildman–Crippen LogP) is 3.79. The molecule has 0 heterocycles. The van der Waals surface area contributed by atoms with E-state index in [9.17, 15) is 4.79 Å². The van der Waals surface area contributed by atoms with Gasteiger partial charge in [0.2, 0.25) is 0 Å². The number of carbonyl (C=O) groups excluding carboxylic acids is 1. The SMILES string of the molecule is COc1ccc(COc2cccc3c2CCCC3=O)cc1. The Hall–Kier alpha value is -2.29. The molecule has 0 aliphatic heterocycles. The third kappa shape index (κ3) is 2.92. The van der Waals surface area contributed by atoms with Crippen molar-refractivity contribution in [2.75, 3.05) is 7.11 Å². The number of hydrogen-bond donors (Lipinski definition) is 0. The molecule has 1 aliphatic carbocycles. The van der Waals surface area contributed by atoms with E-state index in [2.05, 4.69) is 0 Å². The van der Waals surface area contributed by atoms with Crippen LogP contribution in [0.2, 0.25) is 0 Å². The van der Waals surface area contributed by atoms with Gasteiger partial charge in [0, 0.05) is 17.5 Å². The van der Waals surface area contributed by atoms with Gasteiger partial charge in [0.15, 0.2) is 5.78 Å². The van der Waals surface area contributed by atoms with Gasteiger partial charge >= 0.3 is 0 Å². The highest BCUT2D eigenvalue weighted by Gasteiger charge is 2.20. The second-order valence-electron chi connectivity index (χ2n) is 5.20. The maximum Gasteiger partial charge on any atom is 0.163 e. The minimum Gasteiger partial charge on any atom is -0.497 e. The molecule has 3 rings (SSSR count). The van der Waals surface area contributed by atoms with Crippen LogP contribution in [-0.2, 0) is 13.0 Å². The molecule has 2 aromatic carbocycles. The van der Waals surface area contributed by atoms with Crippen LogP contribution in [0, 0.1) is 0 Å². The molecule has 0 saturated heterocycles. The number of benzene rings is 2. The predicted molar refractivity (Wildman–Crippen MR) is 81.0 cm³/mol. The Morgan fingerprint density at radius 3 is 2.62 bits per heavy atom. The average molecular weight is 282 g/mol. The van der Waals surface area contributed by atoms with Crippen LogP contribution in [-0.4, -0.2) is 12.9 Å². The Balaban J connectivity index is 1.76. The van der Waals surface area contributed by atoms with E-state index in [0.717, 1.165) is 41.0 Å². The monoisotopic (exact) mass is 282 g/mol. The zero-order valence-corrected chi connectivity index (χ0v) is 12.1. The van der Waals surface area contributed by atoms with Crippen LogP contribution in [0.4, 0.5) is 0 Å². The fraction of sp³-hybridized carbons (Fsp3) is 0.278. The number of ether oxygens (including phenoxy) is 2. The van der Waals surface area contributed by atoms with Crippen LogP contribution in [0.5, 0.6) is 11.5 Å². The highest BCUT2D eigenvalue weighted by atomic mass is 16.5. The van der Waals surface area contributed by atoms with Gasteiger partial charge in [-0.1, -0.05) is 24.3 Å². The summed E-state index contributed by atoms with van der Waals surface area (Å²) >= 11 is 0. The lowest BCUT2D eigenvalue weighted by atomic mass is 9.90. The second-order valence-corrected chi connectivity index (χ2v) is 5.20. The summed E-state index contributed by atoms with van der Waals surface area (Å²) in [5.74, 6) is 1.89. The van der Waals surface area contributed by atoms with Crippen molar-refractivity contribution in [3.8, 4) is 11.5 Å². The first-order valence-corrected chi connectivity index (χ1v) is 7.19. The van der Waals surface area contributed by atoms with E-state index in [0.29, 0.717) is 13.0 Å². The second kappa shape index (κ2) is 6.00. The molecule has 0 atom stereocenters. The molecule has 3 heteroatoms. The van der Waals surface area contributed by atoms with Gasteiger partial charge in [-0.25, -0.2) is 0 Å². The average Bonchev–Trinajstić information content (AvgIpc) is 2.54. The van der Waals surface area contributed by atoms with Crippen LogP contribution in [0.25, 0.3) is 0 Å². The minimum absolute atomic E-state index is 0.228. The fourth-order valence-corrected chi connectivity index (χ4v) is 2.66. The van der Waals surface area contributed by atoms with Crippen molar-refractivity contribution in [2.45, 2.75) is 25.9 Å². The molecule has 1 aliphatic rings. The molecule has 0 bridgehead atoms. The van der Waals surface area contributed by atoms with Crippen molar-refractivity contribution >= 4 is 5.78 Å². The molecule has 0 fully saturated rings. The van der Waals surface area contributed by atoms with Gasteiger partial charge in [0.25, 0.3) is 0 Å². The van der Waals surface area contributed by atoms with Gasteiger partial charge in [-0.3, -0.25) is 4.79 Å². The van der Waals surface area contributed by atoms with E-state index in [1.165, 1.54) is 0 Å². The first kappa shape index (κ1) is 13.7. The molecule has 0 aromatic heterocycles. The van der Waals surface area contributed by atoms with Crippen molar-refractivity contribution in [3.05, 3.63) is 59.2 Å². The Morgan fingerprint density at radius 2 is 1.86 bits per heavy atom. The van der Waals surface area contributed by atoms with Crippen molar-refractivity contribution in [1.82, 2.24) is 0 Å². The van der Waals surface area contributed by atoms with Crippen molar-refractivity contribution in [1.29, 1.82) is 0 Å². The van der Waals surface area contributed by atoms with E-state index in [4.69, 9.17) is 9.47 Å². The lowest BCUT2D eigenvalue weighted by Crippen LogP contribution is -2.12. The highest BCUT2D eigenvalue weighted by molar-refractivity contribution is 5.99. The number of fused-ring (bicyclic) bond motifs is 1. The number of ketones is 1. The Labute approximate surface area is 124 Å². The van der Waals surface area contributed by atoms with E-state index < -0.39 is 0 Å². The third-order valence-electron chi connectivity index (χ3n) is 3.82. The fourth-order valence-electron chi connectivity index (χ4n) is 2.66. The summed E-state index contributed by atoms with van der Waals surface area (Å²) in [6, 6.07) is 13.5. The molecule has 108 valence electrons. The van der Waals surface area contributed by atoms with Crippen molar-refractivity contribution < 1.29 is 14.3 Å². The molecular formula is C18H18O3. The first-order valence-electron chi connectivity index (χ1n) is 7.19. The van der Waals surface area contributed by atoms with Crippen LogP contribution >= 0.6 is 0 Å². The van der Waals surface area contributed by atoms with Crippen LogP contribution in [0.1, 0.15) is 34.3 Å². The van der Waals surface area contributed by atoms with Crippen LogP contribution in [0.3, 0.4) is 0 Å². The Bertz CT molecular complexity index is 644. The standard InChI is InChI=1S/C18H18O3/c1-20-14-10-8-13(9-11-14)12-21-18-7-3-4-15-16(18)5-2-6-17(15)19/h3-4,7-11H,2,5-6,12H2,1H3. The van der Waals surface area contributed by atoms with Gasteiger partial charge in [0.1, 0.15) is 18.1 Å². The maximum atomic E-state index is 11.9. The van der Waals surface area contributed by atoms with Gasteiger partial charge in [0.05, 0.1) is 7.11 Å². The van der Waals surface area contributed by atoms with Gasteiger partial charge in [-0.15, -0.1) is 0 Å².